The zero-order chi connectivity index (χ0) is 13.9. The first-order valence-corrected chi connectivity index (χ1v) is 6.88. The molecule has 1 rings (SSSR count). The van der Waals surface area contributed by atoms with Crippen LogP contribution in [0.25, 0.3) is 0 Å². The molecule has 1 saturated heterocycles. The molecule has 0 aliphatic carbocycles. The van der Waals surface area contributed by atoms with Crippen molar-refractivity contribution in [2.45, 2.75) is 38.2 Å². The predicted octanol–water partition coefficient (Wildman–Crippen LogP) is 0.215. The van der Waals surface area contributed by atoms with Crippen molar-refractivity contribution in [2.24, 2.45) is 0 Å². The molecule has 6 nitrogen and oxygen atoms in total. The fourth-order valence-corrected chi connectivity index (χ4v) is 1.93. The van der Waals surface area contributed by atoms with Gasteiger partial charge < -0.3 is 20.1 Å². The number of nitrogens with one attached hydrogen (secondary N) is 2. The number of methoxy groups -OCH3 is 1. The monoisotopic (exact) mass is 272 g/mol. The van der Waals surface area contributed by atoms with Gasteiger partial charge in [0.1, 0.15) is 0 Å². The van der Waals surface area contributed by atoms with Crippen molar-refractivity contribution in [3.8, 4) is 0 Å². The van der Waals surface area contributed by atoms with Gasteiger partial charge in [0.25, 0.3) is 0 Å². The summed E-state index contributed by atoms with van der Waals surface area (Å²) >= 11 is 0. The van der Waals surface area contributed by atoms with E-state index < -0.39 is 0 Å². The summed E-state index contributed by atoms with van der Waals surface area (Å²) in [5, 5.41) is 6.03. The third-order valence-corrected chi connectivity index (χ3v) is 3.08. The number of esters is 1. The van der Waals surface area contributed by atoms with E-state index >= 15 is 0 Å². The number of hydrogen-bond acceptors (Lipinski definition) is 5. The first-order chi connectivity index (χ1) is 9.22. The van der Waals surface area contributed by atoms with Gasteiger partial charge in [-0.2, -0.15) is 0 Å². The third-order valence-electron chi connectivity index (χ3n) is 3.08. The van der Waals surface area contributed by atoms with Crippen LogP contribution in [0.2, 0.25) is 0 Å². The summed E-state index contributed by atoms with van der Waals surface area (Å²) in [5.74, 6) is -0.276. The Morgan fingerprint density at radius 2 is 2.00 bits per heavy atom. The fourth-order valence-electron chi connectivity index (χ4n) is 1.93. The van der Waals surface area contributed by atoms with E-state index in [2.05, 4.69) is 15.4 Å². The standard InChI is InChI=1S/C13H24N2O4/c1-18-13(17)3-2-7-15-12(16)6-10-19-11-4-8-14-9-5-11/h11,14H,2-10H2,1H3,(H,15,16). The molecule has 110 valence electrons. The van der Waals surface area contributed by atoms with Crippen molar-refractivity contribution in [3.63, 3.8) is 0 Å². The molecule has 1 amide bonds. The molecule has 19 heavy (non-hydrogen) atoms. The molecule has 0 aromatic rings. The predicted molar refractivity (Wildman–Crippen MR) is 70.7 cm³/mol. The van der Waals surface area contributed by atoms with Gasteiger partial charge in [-0.3, -0.25) is 9.59 Å². The van der Waals surface area contributed by atoms with Crippen molar-refractivity contribution in [1.82, 2.24) is 10.6 Å². The minimum Gasteiger partial charge on any atom is -0.469 e. The molecular weight excluding hydrogens is 248 g/mol. The molecule has 2 N–H and O–H groups in total. The van der Waals surface area contributed by atoms with E-state index in [1.54, 1.807) is 0 Å². The maximum Gasteiger partial charge on any atom is 0.305 e. The maximum atomic E-state index is 11.5. The quantitative estimate of drug-likeness (QED) is 0.488. The first-order valence-electron chi connectivity index (χ1n) is 6.88. The number of rotatable bonds is 8. The largest absolute Gasteiger partial charge is 0.469 e. The maximum absolute atomic E-state index is 11.5. The van der Waals surface area contributed by atoms with Gasteiger partial charge in [-0.15, -0.1) is 0 Å². The van der Waals surface area contributed by atoms with E-state index in [1.807, 2.05) is 0 Å². The Hall–Kier alpha value is -1.14. The van der Waals surface area contributed by atoms with Gasteiger partial charge in [-0.25, -0.2) is 0 Å². The molecule has 0 unspecified atom stereocenters. The Balaban J connectivity index is 1.94. The summed E-state index contributed by atoms with van der Waals surface area (Å²) in [4.78, 5) is 22.3. The van der Waals surface area contributed by atoms with Crippen molar-refractivity contribution in [1.29, 1.82) is 0 Å². The Morgan fingerprint density at radius 1 is 1.26 bits per heavy atom. The molecule has 0 saturated carbocycles. The highest BCUT2D eigenvalue weighted by Crippen LogP contribution is 2.07. The first kappa shape index (κ1) is 15.9. The molecule has 0 atom stereocenters. The molecule has 0 spiro atoms. The minimum atomic E-state index is -0.247. The Morgan fingerprint density at radius 3 is 2.68 bits per heavy atom. The molecule has 1 aliphatic rings. The van der Waals surface area contributed by atoms with Gasteiger partial charge in [0.05, 0.1) is 19.8 Å². The van der Waals surface area contributed by atoms with Crippen molar-refractivity contribution in [2.75, 3.05) is 33.4 Å². The second kappa shape index (κ2) is 9.75. The molecule has 0 aromatic heterocycles. The van der Waals surface area contributed by atoms with Crippen molar-refractivity contribution >= 4 is 11.9 Å². The molecular formula is C13H24N2O4. The van der Waals surface area contributed by atoms with Crippen LogP contribution in [-0.2, 0) is 19.1 Å². The van der Waals surface area contributed by atoms with E-state index in [0.29, 0.717) is 32.4 Å². The lowest BCUT2D eigenvalue weighted by Crippen LogP contribution is -2.33. The second-order valence-electron chi connectivity index (χ2n) is 4.60. The lowest BCUT2D eigenvalue weighted by Gasteiger charge is -2.22. The van der Waals surface area contributed by atoms with E-state index in [0.717, 1.165) is 25.9 Å². The van der Waals surface area contributed by atoms with Gasteiger partial charge in [0.15, 0.2) is 0 Å². The van der Waals surface area contributed by atoms with Crippen LogP contribution in [0.4, 0.5) is 0 Å². The van der Waals surface area contributed by atoms with Gasteiger partial charge >= 0.3 is 5.97 Å². The number of carbonyl (C=O) groups is 2. The number of carbonyl (C=O) groups excluding carboxylic acids is 2. The molecule has 6 heteroatoms. The van der Waals surface area contributed by atoms with Gasteiger partial charge in [0.2, 0.25) is 5.91 Å². The molecule has 0 radical (unpaired) electrons. The normalized spacial score (nSPS) is 16.1. The molecule has 0 aromatic carbocycles. The lowest BCUT2D eigenvalue weighted by atomic mass is 10.1. The number of hydrogen-bond donors (Lipinski definition) is 2. The van der Waals surface area contributed by atoms with Crippen LogP contribution in [0, 0.1) is 0 Å². The van der Waals surface area contributed by atoms with E-state index in [4.69, 9.17) is 4.74 Å². The smallest absolute Gasteiger partial charge is 0.305 e. The van der Waals surface area contributed by atoms with Gasteiger partial charge in [0, 0.05) is 19.4 Å². The lowest BCUT2D eigenvalue weighted by molar-refractivity contribution is -0.140. The summed E-state index contributed by atoms with van der Waals surface area (Å²) in [6.07, 6.45) is 3.63. The Bertz CT molecular complexity index is 278. The zero-order valence-corrected chi connectivity index (χ0v) is 11.6. The fraction of sp³-hybridized carbons (Fsp3) is 0.846. The average Bonchev–Trinajstić information content (AvgIpc) is 2.44. The summed E-state index contributed by atoms with van der Waals surface area (Å²) < 4.78 is 10.2. The Kier molecular flexibility index (Phi) is 8.16. The van der Waals surface area contributed by atoms with Crippen molar-refractivity contribution in [3.05, 3.63) is 0 Å². The molecule has 1 aliphatic heterocycles. The molecule has 0 bridgehead atoms. The van der Waals surface area contributed by atoms with Crippen LogP contribution in [0.3, 0.4) is 0 Å². The minimum absolute atomic E-state index is 0.0289. The van der Waals surface area contributed by atoms with Crippen LogP contribution in [0.5, 0.6) is 0 Å². The highest BCUT2D eigenvalue weighted by molar-refractivity contribution is 5.76. The topological polar surface area (TPSA) is 76.7 Å². The average molecular weight is 272 g/mol. The third kappa shape index (κ3) is 7.79. The van der Waals surface area contributed by atoms with Crippen LogP contribution >= 0.6 is 0 Å². The zero-order valence-electron chi connectivity index (χ0n) is 11.6. The Labute approximate surface area is 114 Å². The highest BCUT2D eigenvalue weighted by atomic mass is 16.5. The number of piperidine rings is 1. The van der Waals surface area contributed by atoms with Crippen LogP contribution in [0.1, 0.15) is 32.1 Å². The molecule has 1 heterocycles. The van der Waals surface area contributed by atoms with E-state index in [1.165, 1.54) is 7.11 Å². The van der Waals surface area contributed by atoms with Crippen LogP contribution < -0.4 is 10.6 Å². The SMILES string of the molecule is COC(=O)CCCNC(=O)CCOC1CCNCC1. The van der Waals surface area contributed by atoms with Gasteiger partial charge in [-0.05, 0) is 32.4 Å². The van der Waals surface area contributed by atoms with Crippen LogP contribution in [-0.4, -0.2) is 51.3 Å². The van der Waals surface area contributed by atoms with Gasteiger partial charge in [-0.1, -0.05) is 0 Å². The summed E-state index contributed by atoms with van der Waals surface area (Å²) in [7, 11) is 1.36. The summed E-state index contributed by atoms with van der Waals surface area (Å²) in [6.45, 7) is 2.95. The van der Waals surface area contributed by atoms with Crippen LogP contribution in [0.15, 0.2) is 0 Å². The number of amides is 1. The number of ether oxygens (including phenoxy) is 2. The highest BCUT2D eigenvalue weighted by Gasteiger charge is 2.13. The van der Waals surface area contributed by atoms with Crippen molar-refractivity contribution < 1.29 is 19.1 Å². The van der Waals surface area contributed by atoms with E-state index in [-0.39, 0.29) is 18.0 Å². The summed E-state index contributed by atoms with van der Waals surface area (Å²) in [6, 6.07) is 0. The molecule has 1 fully saturated rings. The summed E-state index contributed by atoms with van der Waals surface area (Å²) in [5.41, 5.74) is 0. The van der Waals surface area contributed by atoms with E-state index in [9.17, 15) is 9.59 Å². The second-order valence-corrected chi connectivity index (χ2v) is 4.60.